The van der Waals surface area contributed by atoms with Crippen molar-refractivity contribution in [3.63, 3.8) is 0 Å². The Bertz CT molecular complexity index is 1040. The molecule has 1 fully saturated rings. The molecule has 188 valence electrons. The maximum Gasteiger partial charge on any atom is 0.253 e. The van der Waals surface area contributed by atoms with Crippen LogP contribution in [0.4, 0.5) is 0 Å². The molecule has 35 heavy (non-hydrogen) atoms. The van der Waals surface area contributed by atoms with Crippen LogP contribution in [0.15, 0.2) is 36.5 Å². The Morgan fingerprint density at radius 3 is 2.43 bits per heavy atom. The number of pyridine rings is 1. The minimum Gasteiger partial charge on any atom is -0.489 e. The van der Waals surface area contributed by atoms with Crippen LogP contribution in [0.25, 0.3) is 0 Å². The zero-order valence-corrected chi connectivity index (χ0v) is 22.1. The molecule has 0 spiro atoms. The van der Waals surface area contributed by atoms with Gasteiger partial charge in [0.05, 0.1) is 16.1 Å². The van der Waals surface area contributed by atoms with Crippen molar-refractivity contribution < 1.29 is 14.3 Å². The number of unbranched alkanes of at least 4 members (excludes halogenated alkanes) is 3. The largest absolute Gasteiger partial charge is 0.489 e. The lowest BCUT2D eigenvalue weighted by atomic mass is 9.49. The predicted octanol–water partition coefficient (Wildman–Crippen LogP) is 5.97. The van der Waals surface area contributed by atoms with E-state index in [4.69, 9.17) is 26.3 Å². The Morgan fingerprint density at radius 1 is 1.11 bits per heavy atom. The summed E-state index contributed by atoms with van der Waals surface area (Å²) < 4.78 is 11.4. The van der Waals surface area contributed by atoms with Crippen LogP contribution in [-0.4, -0.2) is 36.8 Å². The second-order valence-electron chi connectivity index (χ2n) is 10.5. The number of amides is 1. The van der Waals surface area contributed by atoms with E-state index in [1.807, 2.05) is 12.1 Å². The normalized spacial score (nSPS) is 19.9. The third kappa shape index (κ3) is 6.15. The van der Waals surface area contributed by atoms with Gasteiger partial charge in [0.25, 0.3) is 5.91 Å². The van der Waals surface area contributed by atoms with Crippen LogP contribution in [0.3, 0.4) is 0 Å². The molecule has 1 amide bonds. The first kappa shape index (κ1) is 27.0. The van der Waals surface area contributed by atoms with Gasteiger partial charge in [0.2, 0.25) is 0 Å². The average Bonchev–Trinajstić information content (AvgIpc) is 2.83. The zero-order valence-electron chi connectivity index (χ0n) is 21.4. The van der Waals surface area contributed by atoms with E-state index < -0.39 is 0 Å². The minimum atomic E-state index is -0.310. The fraction of sp³-hybridized carbons (Fsp3) is 0.536. The van der Waals surface area contributed by atoms with Gasteiger partial charge in [0, 0.05) is 48.5 Å². The number of nitriles is 1. The van der Waals surface area contributed by atoms with Gasteiger partial charge in [-0.15, -0.1) is 0 Å². The number of carbonyl (C=O) groups excluding carboxylic acids is 1. The van der Waals surface area contributed by atoms with Crippen molar-refractivity contribution in [2.75, 3.05) is 13.7 Å². The lowest BCUT2D eigenvalue weighted by molar-refractivity contribution is -0.164. The van der Waals surface area contributed by atoms with Crippen molar-refractivity contribution in [2.45, 2.75) is 71.9 Å². The number of hydrogen-bond donors (Lipinski definition) is 1. The number of hydrogen-bond acceptors (Lipinski definition) is 5. The number of rotatable bonds is 11. The maximum absolute atomic E-state index is 13.0. The molecule has 1 aromatic carbocycles. The molecule has 0 atom stereocenters. The van der Waals surface area contributed by atoms with Gasteiger partial charge in [-0.05, 0) is 43.5 Å². The second-order valence-corrected chi connectivity index (χ2v) is 10.9. The average molecular weight is 498 g/mol. The highest BCUT2D eigenvalue weighted by Crippen LogP contribution is 2.55. The van der Waals surface area contributed by atoms with Crippen LogP contribution in [0.5, 0.6) is 5.75 Å². The number of nitrogens with one attached hydrogen (secondary N) is 1. The first-order valence-electron chi connectivity index (χ1n) is 12.2. The molecule has 0 radical (unpaired) electrons. The summed E-state index contributed by atoms with van der Waals surface area (Å²) in [7, 11) is 1.73. The first-order chi connectivity index (χ1) is 16.6. The molecule has 1 aliphatic carbocycles. The summed E-state index contributed by atoms with van der Waals surface area (Å²) in [5, 5.41) is 12.7. The Kier molecular flexibility index (Phi) is 8.79. The van der Waals surface area contributed by atoms with Crippen LogP contribution < -0.4 is 10.1 Å². The van der Waals surface area contributed by atoms with Crippen molar-refractivity contribution in [2.24, 2.45) is 10.8 Å². The number of nitrogens with zero attached hydrogens (tertiary/aromatic N) is 2. The fourth-order valence-electron chi connectivity index (χ4n) is 5.42. The third-order valence-electron chi connectivity index (χ3n) is 7.05. The predicted molar refractivity (Wildman–Crippen MR) is 138 cm³/mol. The van der Waals surface area contributed by atoms with Gasteiger partial charge in [-0.2, -0.15) is 5.26 Å². The van der Waals surface area contributed by atoms with Crippen LogP contribution in [0.1, 0.15) is 75.0 Å². The van der Waals surface area contributed by atoms with E-state index in [1.54, 1.807) is 31.5 Å². The quantitative estimate of drug-likeness (QED) is 0.387. The number of ether oxygens (including phenoxy) is 2. The summed E-state index contributed by atoms with van der Waals surface area (Å²) in [4.78, 5) is 17.5. The lowest BCUT2D eigenvalue weighted by Gasteiger charge is -2.63. The van der Waals surface area contributed by atoms with E-state index in [2.05, 4.69) is 44.1 Å². The fourth-order valence-corrected chi connectivity index (χ4v) is 5.64. The molecule has 0 saturated heterocycles. The maximum atomic E-state index is 13.0. The topological polar surface area (TPSA) is 84.2 Å². The van der Waals surface area contributed by atoms with Gasteiger partial charge in [-0.3, -0.25) is 9.78 Å². The molecular weight excluding hydrogens is 462 g/mol. The van der Waals surface area contributed by atoms with Gasteiger partial charge in [-0.25, -0.2) is 0 Å². The summed E-state index contributed by atoms with van der Waals surface area (Å²) in [5.41, 5.74) is 1.36. The van der Waals surface area contributed by atoms with E-state index in [1.165, 1.54) is 0 Å². The molecule has 7 heteroatoms. The van der Waals surface area contributed by atoms with Crippen molar-refractivity contribution in [3.8, 4) is 11.8 Å². The van der Waals surface area contributed by atoms with Gasteiger partial charge in [0.1, 0.15) is 17.9 Å². The lowest BCUT2D eigenvalue weighted by Crippen LogP contribution is -2.74. The van der Waals surface area contributed by atoms with Gasteiger partial charge in [-0.1, -0.05) is 52.1 Å². The van der Waals surface area contributed by atoms with Crippen LogP contribution >= 0.6 is 11.6 Å². The summed E-state index contributed by atoms with van der Waals surface area (Å²) in [6, 6.07) is 10.9. The summed E-state index contributed by atoms with van der Waals surface area (Å²) >= 11 is 6.18. The highest BCUT2D eigenvalue weighted by Gasteiger charge is 2.64. The van der Waals surface area contributed by atoms with Crippen molar-refractivity contribution in [1.29, 1.82) is 5.26 Å². The van der Waals surface area contributed by atoms with Crippen molar-refractivity contribution in [1.82, 2.24) is 10.3 Å². The molecule has 0 aliphatic heterocycles. The molecule has 3 rings (SSSR count). The van der Waals surface area contributed by atoms with E-state index >= 15 is 0 Å². The van der Waals surface area contributed by atoms with Gasteiger partial charge in [0.15, 0.2) is 0 Å². The molecular formula is C28H36ClN3O3. The number of carbonyl (C=O) groups is 1. The molecule has 1 heterocycles. The number of aromatic nitrogens is 1. The molecule has 0 bridgehead atoms. The van der Waals surface area contributed by atoms with E-state index in [0.717, 1.165) is 44.4 Å². The molecule has 2 aromatic rings. The SMILES string of the molecule is COCCCCCCc1ccc(C(=O)N[C@H]2C(C)(C)[C@H](Oc3ccc(C#N)c(Cl)c3)C2(C)C)cn1. The Hall–Kier alpha value is -2.62. The van der Waals surface area contributed by atoms with Crippen LogP contribution in [-0.2, 0) is 11.2 Å². The Labute approximate surface area is 214 Å². The summed E-state index contributed by atoms with van der Waals surface area (Å²) in [5.74, 6) is 0.484. The number of benzene rings is 1. The standard InChI is InChI=1S/C28H36ClN3O3/c1-27(2)25(28(3,4)26(27)35-22-14-12-19(17-30)23(29)16-22)32-24(33)20-11-13-21(31-18-20)10-8-6-7-9-15-34-5/h11-14,16,18,25-26H,6-10,15H2,1-5H3,(H,32,33)/t25-,26-. The molecule has 1 aromatic heterocycles. The Morgan fingerprint density at radius 2 is 1.83 bits per heavy atom. The minimum absolute atomic E-state index is 0.0897. The number of halogens is 1. The first-order valence-corrected chi connectivity index (χ1v) is 12.6. The van der Waals surface area contributed by atoms with Crippen molar-refractivity contribution >= 4 is 17.5 Å². The molecule has 1 saturated carbocycles. The van der Waals surface area contributed by atoms with Gasteiger partial charge < -0.3 is 14.8 Å². The van der Waals surface area contributed by atoms with E-state index in [-0.39, 0.29) is 28.9 Å². The summed E-state index contributed by atoms with van der Waals surface area (Å²) in [6.45, 7) is 9.17. The van der Waals surface area contributed by atoms with Gasteiger partial charge >= 0.3 is 0 Å². The third-order valence-corrected chi connectivity index (χ3v) is 7.36. The molecule has 1 aliphatic rings. The molecule has 6 nitrogen and oxygen atoms in total. The number of aryl methyl sites for hydroxylation is 1. The highest BCUT2D eigenvalue weighted by molar-refractivity contribution is 6.31. The monoisotopic (exact) mass is 497 g/mol. The second kappa shape index (κ2) is 11.4. The summed E-state index contributed by atoms with van der Waals surface area (Å²) in [6.07, 6.45) is 6.91. The Balaban J connectivity index is 1.57. The van der Waals surface area contributed by atoms with Crippen LogP contribution in [0, 0.1) is 22.2 Å². The van der Waals surface area contributed by atoms with E-state index in [0.29, 0.717) is 21.9 Å². The highest BCUT2D eigenvalue weighted by atomic mass is 35.5. The smallest absolute Gasteiger partial charge is 0.253 e. The number of methoxy groups -OCH3 is 1. The molecule has 0 unspecified atom stereocenters. The zero-order chi connectivity index (χ0) is 25.6. The van der Waals surface area contributed by atoms with Crippen LogP contribution in [0.2, 0.25) is 5.02 Å². The van der Waals surface area contributed by atoms with E-state index in [9.17, 15) is 4.79 Å². The van der Waals surface area contributed by atoms with Crippen molar-refractivity contribution in [3.05, 3.63) is 58.4 Å². The molecule has 1 N–H and O–H groups in total.